The van der Waals surface area contributed by atoms with Crippen LogP contribution in [0.4, 0.5) is 5.69 Å². The number of benzene rings is 1. The molecule has 0 radical (unpaired) electrons. The molecule has 8 heteroatoms. The Labute approximate surface area is 176 Å². The minimum absolute atomic E-state index is 0.430. The van der Waals surface area contributed by atoms with Crippen molar-refractivity contribution in [1.29, 1.82) is 0 Å². The maximum absolute atomic E-state index is 6.41. The zero-order valence-corrected chi connectivity index (χ0v) is 18.0. The lowest BCUT2D eigenvalue weighted by Crippen LogP contribution is -1.94. The van der Waals surface area contributed by atoms with E-state index in [-0.39, 0.29) is 0 Å². The Bertz CT molecular complexity index is 1200. The van der Waals surface area contributed by atoms with Gasteiger partial charge in [0.2, 0.25) is 0 Å². The highest BCUT2D eigenvalue weighted by molar-refractivity contribution is 7.22. The van der Waals surface area contributed by atoms with E-state index in [1.54, 1.807) is 6.07 Å². The third-order valence-electron chi connectivity index (χ3n) is 4.96. The number of nitrogen functional groups attached to an aromatic ring is 1. The molecule has 5 nitrogen and oxygen atoms in total. The third kappa shape index (κ3) is 3.36. The van der Waals surface area contributed by atoms with Gasteiger partial charge in [-0.05, 0) is 56.0 Å². The van der Waals surface area contributed by atoms with Gasteiger partial charge >= 0.3 is 0 Å². The van der Waals surface area contributed by atoms with E-state index in [9.17, 15) is 0 Å². The van der Waals surface area contributed by atoms with Crippen LogP contribution in [0.25, 0.3) is 21.0 Å². The fourth-order valence-electron chi connectivity index (χ4n) is 3.13. The van der Waals surface area contributed by atoms with Gasteiger partial charge in [0.1, 0.15) is 9.71 Å². The van der Waals surface area contributed by atoms with Crippen molar-refractivity contribution in [3.05, 3.63) is 56.5 Å². The average Bonchev–Trinajstić information content (AvgIpc) is 3.25. The van der Waals surface area contributed by atoms with Gasteiger partial charge in [-0.2, -0.15) is 4.98 Å². The number of nitrogens with zero attached hydrogens (tertiary/aromatic N) is 3. The molecule has 0 atom stereocenters. The predicted octanol–water partition coefficient (Wildman–Crippen LogP) is 5.95. The Morgan fingerprint density at radius 1 is 1.04 bits per heavy atom. The summed E-state index contributed by atoms with van der Waals surface area (Å²) in [6.45, 7) is 6.13. The van der Waals surface area contributed by atoms with Crippen molar-refractivity contribution >= 4 is 50.4 Å². The monoisotopic (exact) mass is 432 g/mol. The first-order valence-electron chi connectivity index (χ1n) is 8.77. The molecule has 144 valence electrons. The fourth-order valence-corrected chi connectivity index (χ4v) is 4.57. The zero-order valence-electron chi connectivity index (χ0n) is 15.6. The first kappa shape index (κ1) is 19.2. The van der Waals surface area contributed by atoms with Gasteiger partial charge in [0.25, 0.3) is 5.89 Å². The topological polar surface area (TPSA) is 77.8 Å². The Balaban J connectivity index is 1.61. The van der Waals surface area contributed by atoms with Gasteiger partial charge in [0.05, 0.1) is 15.7 Å². The third-order valence-corrected chi connectivity index (χ3v) is 6.79. The van der Waals surface area contributed by atoms with E-state index in [0.717, 1.165) is 43.9 Å². The highest BCUT2D eigenvalue weighted by Gasteiger charge is 2.20. The molecule has 0 bridgehead atoms. The summed E-state index contributed by atoms with van der Waals surface area (Å²) in [5, 5.41) is 6.16. The molecule has 0 aliphatic carbocycles. The normalized spacial score (nSPS) is 11.5. The summed E-state index contributed by atoms with van der Waals surface area (Å²) in [5.74, 6) is 1.05. The van der Waals surface area contributed by atoms with Crippen molar-refractivity contribution in [3.63, 3.8) is 0 Å². The molecular weight excluding hydrogens is 415 g/mol. The maximum atomic E-state index is 6.41. The largest absolute Gasteiger partial charge is 0.397 e. The molecule has 0 spiro atoms. The number of pyridine rings is 1. The van der Waals surface area contributed by atoms with E-state index in [0.29, 0.717) is 33.9 Å². The molecule has 28 heavy (non-hydrogen) atoms. The first-order valence-corrected chi connectivity index (χ1v) is 10.3. The Morgan fingerprint density at radius 3 is 2.57 bits per heavy atom. The average molecular weight is 433 g/mol. The van der Waals surface area contributed by atoms with Crippen molar-refractivity contribution in [2.75, 3.05) is 5.73 Å². The minimum Gasteiger partial charge on any atom is -0.397 e. The van der Waals surface area contributed by atoms with Crippen LogP contribution >= 0.6 is 34.5 Å². The number of fused-ring (bicyclic) bond motifs is 1. The Kier molecular flexibility index (Phi) is 5.04. The van der Waals surface area contributed by atoms with Gasteiger partial charge in [0, 0.05) is 17.5 Å². The summed E-state index contributed by atoms with van der Waals surface area (Å²) in [4.78, 5) is 10.9. The minimum atomic E-state index is 0.430. The molecule has 4 aromatic rings. The molecule has 0 saturated carbocycles. The number of aromatic nitrogens is 3. The van der Waals surface area contributed by atoms with Crippen LogP contribution in [0.5, 0.6) is 0 Å². The molecule has 0 fully saturated rings. The number of anilines is 1. The van der Waals surface area contributed by atoms with E-state index in [1.165, 1.54) is 11.3 Å². The standard InChI is InChI=1S/C20H18Cl2N4OS/c1-9-10(2)16-17(23)18(28-20(16)24-11(9)3)19-25-15(26-27-19)7-5-12-4-6-13(21)14(22)8-12/h4,6,8H,5,7,23H2,1-3H3. The lowest BCUT2D eigenvalue weighted by atomic mass is 10.1. The molecule has 3 aromatic heterocycles. The van der Waals surface area contributed by atoms with Gasteiger partial charge in [-0.25, -0.2) is 4.98 Å². The molecule has 3 heterocycles. The van der Waals surface area contributed by atoms with Gasteiger partial charge < -0.3 is 10.3 Å². The zero-order chi connectivity index (χ0) is 20.0. The van der Waals surface area contributed by atoms with Gasteiger partial charge in [-0.1, -0.05) is 34.4 Å². The van der Waals surface area contributed by atoms with Crippen molar-refractivity contribution in [1.82, 2.24) is 15.1 Å². The smallest absolute Gasteiger partial charge is 0.270 e. The van der Waals surface area contributed by atoms with Crippen LogP contribution in [0.3, 0.4) is 0 Å². The Hall–Kier alpha value is -2.15. The summed E-state index contributed by atoms with van der Waals surface area (Å²) >= 11 is 13.5. The van der Waals surface area contributed by atoms with E-state index < -0.39 is 0 Å². The fraction of sp³-hybridized carbons (Fsp3) is 0.250. The second kappa shape index (κ2) is 7.35. The van der Waals surface area contributed by atoms with Crippen LogP contribution in [0.15, 0.2) is 22.7 Å². The van der Waals surface area contributed by atoms with Crippen LogP contribution in [-0.2, 0) is 12.8 Å². The van der Waals surface area contributed by atoms with Crippen LogP contribution < -0.4 is 5.73 Å². The predicted molar refractivity (Wildman–Crippen MR) is 115 cm³/mol. The van der Waals surface area contributed by atoms with E-state index in [2.05, 4.69) is 29.0 Å². The number of nitrogens with two attached hydrogens (primary N) is 1. The number of aryl methyl sites for hydroxylation is 4. The molecule has 4 rings (SSSR count). The van der Waals surface area contributed by atoms with Gasteiger partial charge in [-0.15, -0.1) is 11.3 Å². The lowest BCUT2D eigenvalue weighted by molar-refractivity contribution is 0.423. The number of thiophene rings is 1. The quantitative estimate of drug-likeness (QED) is 0.431. The van der Waals surface area contributed by atoms with Crippen molar-refractivity contribution in [2.45, 2.75) is 33.6 Å². The van der Waals surface area contributed by atoms with Crippen molar-refractivity contribution in [2.24, 2.45) is 0 Å². The number of hydrogen-bond donors (Lipinski definition) is 1. The van der Waals surface area contributed by atoms with Crippen LogP contribution in [0.1, 0.15) is 28.2 Å². The van der Waals surface area contributed by atoms with Gasteiger partial charge in [0.15, 0.2) is 5.82 Å². The molecule has 0 aliphatic heterocycles. The van der Waals surface area contributed by atoms with Crippen LogP contribution in [-0.4, -0.2) is 15.1 Å². The second-order valence-corrected chi connectivity index (χ2v) is 8.55. The molecule has 0 amide bonds. The summed E-state index contributed by atoms with van der Waals surface area (Å²) in [7, 11) is 0. The van der Waals surface area contributed by atoms with Crippen molar-refractivity contribution < 1.29 is 4.52 Å². The van der Waals surface area contributed by atoms with Crippen molar-refractivity contribution in [3.8, 4) is 10.8 Å². The number of halogens is 2. The molecule has 0 saturated heterocycles. The van der Waals surface area contributed by atoms with Gasteiger partial charge in [-0.3, -0.25) is 0 Å². The molecule has 0 unspecified atom stereocenters. The van der Waals surface area contributed by atoms with Crippen LogP contribution in [0, 0.1) is 20.8 Å². The summed E-state index contributed by atoms with van der Waals surface area (Å²) in [6, 6.07) is 5.59. The lowest BCUT2D eigenvalue weighted by Gasteiger charge is -2.05. The first-order chi connectivity index (χ1) is 13.3. The highest BCUT2D eigenvalue weighted by atomic mass is 35.5. The summed E-state index contributed by atoms with van der Waals surface area (Å²) < 4.78 is 5.49. The highest BCUT2D eigenvalue weighted by Crippen LogP contribution is 2.41. The molecular formula is C20H18Cl2N4OS. The molecule has 2 N–H and O–H groups in total. The van der Waals surface area contributed by atoms with E-state index >= 15 is 0 Å². The number of rotatable bonds is 4. The number of hydrogen-bond acceptors (Lipinski definition) is 6. The molecule has 1 aromatic carbocycles. The second-order valence-electron chi connectivity index (χ2n) is 6.74. The van der Waals surface area contributed by atoms with Crippen LogP contribution in [0.2, 0.25) is 10.0 Å². The summed E-state index contributed by atoms with van der Waals surface area (Å²) in [6.07, 6.45) is 1.36. The SMILES string of the molecule is Cc1nc2sc(-c3nc(CCc4ccc(Cl)c(Cl)c4)no3)c(N)c2c(C)c1C. The Morgan fingerprint density at radius 2 is 1.82 bits per heavy atom. The maximum Gasteiger partial charge on any atom is 0.270 e. The van der Waals surface area contributed by atoms with E-state index in [1.807, 2.05) is 19.1 Å². The van der Waals surface area contributed by atoms with E-state index in [4.69, 9.17) is 33.5 Å². The molecule has 0 aliphatic rings. The summed E-state index contributed by atoms with van der Waals surface area (Å²) in [5.41, 5.74) is 11.4.